The zero-order chi connectivity index (χ0) is 21.6. The zero-order valence-corrected chi connectivity index (χ0v) is 16.5. The maximum Gasteiger partial charge on any atom is 0.392 e. The van der Waals surface area contributed by atoms with Crippen LogP contribution in [0.2, 0.25) is 5.02 Å². The largest absolute Gasteiger partial charge is 0.392 e. The lowest BCUT2D eigenvalue weighted by atomic mass is 9.91. The van der Waals surface area contributed by atoms with Crippen molar-refractivity contribution in [1.82, 2.24) is 24.2 Å². The molecule has 0 aliphatic carbocycles. The van der Waals surface area contributed by atoms with Gasteiger partial charge in [0.05, 0.1) is 23.2 Å². The summed E-state index contributed by atoms with van der Waals surface area (Å²) in [6, 6.07) is -0.271. The van der Waals surface area contributed by atoms with Crippen LogP contribution in [0.15, 0.2) is 17.1 Å². The van der Waals surface area contributed by atoms with Gasteiger partial charge in [-0.15, -0.1) is 0 Å². The third-order valence-electron chi connectivity index (χ3n) is 5.54. The number of nitrogens with zero attached hydrogens (tertiary/aromatic N) is 5. The van der Waals surface area contributed by atoms with Gasteiger partial charge in [-0.25, -0.2) is 13.9 Å². The number of hydrogen-bond donors (Lipinski definition) is 0. The van der Waals surface area contributed by atoms with Gasteiger partial charge in [0, 0.05) is 25.7 Å². The molecule has 0 bridgehead atoms. The summed E-state index contributed by atoms with van der Waals surface area (Å²) in [5.41, 5.74) is -0.897. The fraction of sp³-hybridized carbons (Fsp3) is 0.556. The Morgan fingerprint density at radius 3 is 2.60 bits per heavy atom. The van der Waals surface area contributed by atoms with Crippen molar-refractivity contribution in [2.45, 2.75) is 44.4 Å². The molecule has 7 nitrogen and oxygen atoms in total. The highest BCUT2D eigenvalue weighted by Crippen LogP contribution is 2.39. The summed E-state index contributed by atoms with van der Waals surface area (Å²) >= 11 is 5.67. The normalized spacial score (nSPS) is 21.7. The van der Waals surface area contributed by atoms with Crippen LogP contribution in [0.25, 0.3) is 0 Å². The lowest BCUT2D eigenvalue weighted by Gasteiger charge is -2.32. The lowest BCUT2D eigenvalue weighted by molar-refractivity contribution is -0.183. The number of halogens is 5. The molecule has 2 aliphatic rings. The monoisotopic (exact) mass is 447 g/mol. The van der Waals surface area contributed by atoms with E-state index in [2.05, 4.69) is 10.1 Å². The summed E-state index contributed by atoms with van der Waals surface area (Å²) in [5.74, 6) is -3.21. The summed E-state index contributed by atoms with van der Waals surface area (Å²) in [5, 5.41) is 4.06. The molecule has 162 valence electrons. The van der Waals surface area contributed by atoms with E-state index in [1.807, 2.05) is 0 Å². The van der Waals surface area contributed by atoms with Crippen molar-refractivity contribution in [2.24, 2.45) is 5.92 Å². The summed E-state index contributed by atoms with van der Waals surface area (Å²) in [7, 11) is 0. The number of rotatable bonds is 3. The predicted octanol–water partition coefficient (Wildman–Crippen LogP) is 2.57. The number of likely N-dealkylation sites (tertiary alicyclic amines) is 1. The van der Waals surface area contributed by atoms with Gasteiger partial charge in [0.2, 0.25) is 5.91 Å². The summed E-state index contributed by atoms with van der Waals surface area (Å²) in [6.45, 7) is 0.511. The Morgan fingerprint density at radius 1 is 1.27 bits per heavy atom. The molecule has 2 aromatic rings. The predicted molar refractivity (Wildman–Crippen MR) is 97.5 cm³/mol. The summed E-state index contributed by atoms with van der Waals surface area (Å²) in [4.78, 5) is 31.1. The highest BCUT2D eigenvalue weighted by molar-refractivity contribution is 6.30. The van der Waals surface area contributed by atoms with Gasteiger partial charge in [-0.3, -0.25) is 14.3 Å². The van der Waals surface area contributed by atoms with Gasteiger partial charge < -0.3 is 4.90 Å². The Hall–Kier alpha value is -2.43. The molecule has 2 atom stereocenters. The van der Waals surface area contributed by atoms with Gasteiger partial charge in [-0.2, -0.15) is 18.3 Å². The SMILES string of the molecule is O=C(C1CC(C(F)(F)F)Cc2nn(Cc3ncc(Cl)cc3F)c(=O)n21)N1CCCC1. The van der Waals surface area contributed by atoms with Crippen molar-refractivity contribution in [1.29, 1.82) is 0 Å². The molecule has 1 fully saturated rings. The Labute approximate surface area is 173 Å². The molecule has 0 aromatic carbocycles. The second kappa shape index (κ2) is 7.68. The quantitative estimate of drug-likeness (QED) is 0.678. The average Bonchev–Trinajstić information content (AvgIpc) is 3.31. The molecule has 1 saturated heterocycles. The van der Waals surface area contributed by atoms with Gasteiger partial charge in [0.25, 0.3) is 0 Å². The average molecular weight is 448 g/mol. The molecule has 4 rings (SSSR count). The van der Waals surface area contributed by atoms with E-state index in [9.17, 15) is 27.2 Å². The van der Waals surface area contributed by atoms with Crippen LogP contribution in [0.3, 0.4) is 0 Å². The molecule has 2 aliphatic heterocycles. The van der Waals surface area contributed by atoms with E-state index in [0.29, 0.717) is 13.1 Å². The highest BCUT2D eigenvalue weighted by atomic mass is 35.5. The second-order valence-electron chi connectivity index (χ2n) is 7.54. The molecule has 0 N–H and O–H groups in total. The van der Waals surface area contributed by atoms with Crippen molar-refractivity contribution in [3.63, 3.8) is 0 Å². The van der Waals surface area contributed by atoms with Crippen molar-refractivity contribution >= 4 is 17.5 Å². The first kappa shape index (κ1) is 20.8. The summed E-state index contributed by atoms with van der Waals surface area (Å²) in [6.07, 6.45) is -2.84. The molecular weight excluding hydrogens is 430 g/mol. The standard InChI is InChI=1S/C18H18ClF4N5O2/c19-11-7-12(20)13(24-8-11)9-27-17(30)28-14(16(29)26-3-1-2-4-26)5-10(18(21,22)23)6-15(28)25-27/h7-8,10,14H,1-6,9H2. The van der Waals surface area contributed by atoms with Gasteiger partial charge in [-0.05, 0) is 25.3 Å². The van der Waals surface area contributed by atoms with E-state index in [-0.39, 0.29) is 23.1 Å². The Bertz CT molecular complexity index is 1030. The van der Waals surface area contributed by atoms with Crippen LogP contribution in [-0.4, -0.2) is 49.4 Å². The number of aromatic nitrogens is 4. The Kier molecular flexibility index (Phi) is 5.33. The van der Waals surface area contributed by atoms with Gasteiger partial charge in [0.15, 0.2) is 0 Å². The highest BCUT2D eigenvalue weighted by Gasteiger charge is 2.48. The lowest BCUT2D eigenvalue weighted by Crippen LogP contribution is -2.45. The first-order valence-electron chi connectivity index (χ1n) is 9.49. The molecule has 0 spiro atoms. The minimum atomic E-state index is -4.53. The number of alkyl halides is 3. The molecule has 4 heterocycles. The van der Waals surface area contributed by atoms with E-state index in [4.69, 9.17) is 11.6 Å². The van der Waals surface area contributed by atoms with Crippen LogP contribution in [0.5, 0.6) is 0 Å². The first-order valence-corrected chi connectivity index (χ1v) is 9.86. The van der Waals surface area contributed by atoms with Gasteiger partial charge in [-0.1, -0.05) is 11.6 Å². The number of amides is 1. The van der Waals surface area contributed by atoms with Crippen LogP contribution in [0.1, 0.15) is 36.8 Å². The van der Waals surface area contributed by atoms with E-state index >= 15 is 0 Å². The number of carbonyl (C=O) groups is 1. The van der Waals surface area contributed by atoms with E-state index < -0.39 is 48.4 Å². The first-order chi connectivity index (χ1) is 14.1. The molecular formula is C18H18ClF4N5O2. The van der Waals surface area contributed by atoms with Crippen molar-refractivity contribution < 1.29 is 22.4 Å². The maximum atomic E-state index is 14.1. The fourth-order valence-electron chi connectivity index (χ4n) is 4.01. The van der Waals surface area contributed by atoms with E-state index in [1.165, 1.54) is 11.1 Å². The topological polar surface area (TPSA) is 73.0 Å². The molecule has 2 unspecified atom stereocenters. The number of carbonyl (C=O) groups excluding carboxylic acids is 1. The smallest absolute Gasteiger partial charge is 0.341 e. The van der Waals surface area contributed by atoms with Gasteiger partial charge >= 0.3 is 11.9 Å². The zero-order valence-electron chi connectivity index (χ0n) is 15.7. The van der Waals surface area contributed by atoms with Crippen molar-refractivity contribution in [2.75, 3.05) is 13.1 Å². The summed E-state index contributed by atoms with van der Waals surface area (Å²) < 4.78 is 56.4. The van der Waals surface area contributed by atoms with Gasteiger partial charge in [0.1, 0.15) is 17.7 Å². The third-order valence-corrected chi connectivity index (χ3v) is 5.75. The number of fused-ring (bicyclic) bond motifs is 1. The van der Waals surface area contributed by atoms with E-state index in [0.717, 1.165) is 28.2 Å². The van der Waals surface area contributed by atoms with Crippen LogP contribution in [0, 0.1) is 11.7 Å². The van der Waals surface area contributed by atoms with Crippen LogP contribution in [0.4, 0.5) is 17.6 Å². The molecule has 0 saturated carbocycles. The third kappa shape index (κ3) is 3.82. The molecule has 12 heteroatoms. The minimum Gasteiger partial charge on any atom is -0.341 e. The Morgan fingerprint density at radius 2 is 1.97 bits per heavy atom. The second-order valence-corrected chi connectivity index (χ2v) is 7.97. The fourth-order valence-corrected chi connectivity index (χ4v) is 4.15. The number of pyridine rings is 1. The molecule has 2 aromatic heterocycles. The maximum absolute atomic E-state index is 14.1. The van der Waals surface area contributed by atoms with Crippen LogP contribution in [-0.2, 0) is 17.8 Å². The van der Waals surface area contributed by atoms with Crippen molar-refractivity contribution in [3.05, 3.63) is 45.1 Å². The minimum absolute atomic E-state index is 0.0667. The molecule has 30 heavy (non-hydrogen) atoms. The number of hydrogen-bond acceptors (Lipinski definition) is 4. The van der Waals surface area contributed by atoms with Crippen molar-refractivity contribution in [3.8, 4) is 0 Å². The van der Waals surface area contributed by atoms with Crippen LogP contribution < -0.4 is 5.69 Å². The van der Waals surface area contributed by atoms with E-state index in [1.54, 1.807) is 0 Å². The van der Waals surface area contributed by atoms with Crippen LogP contribution >= 0.6 is 11.6 Å². The molecule has 1 amide bonds. The molecule has 0 radical (unpaired) electrons. The Balaban J connectivity index is 1.72.